The second kappa shape index (κ2) is 11.0. The first kappa shape index (κ1) is 20.4. The lowest BCUT2D eigenvalue weighted by Gasteiger charge is -2.24. The van der Waals surface area contributed by atoms with Crippen LogP contribution >= 0.6 is 0 Å². The van der Waals surface area contributed by atoms with E-state index in [1.807, 2.05) is 13.0 Å². The predicted molar refractivity (Wildman–Crippen MR) is 80.8 cm³/mol. The average molecular weight is 313 g/mol. The Morgan fingerprint density at radius 1 is 1.23 bits per heavy atom. The fourth-order valence-electron chi connectivity index (χ4n) is 1.90. The van der Waals surface area contributed by atoms with Gasteiger partial charge in [-0.1, -0.05) is 6.92 Å². The van der Waals surface area contributed by atoms with Gasteiger partial charge in [0, 0.05) is 0 Å². The molecule has 0 spiro atoms. The summed E-state index contributed by atoms with van der Waals surface area (Å²) in [6.07, 6.45) is 2.15. The molecule has 1 atom stereocenters. The van der Waals surface area contributed by atoms with Crippen molar-refractivity contribution in [1.29, 1.82) is 5.26 Å². The molecular formula is C16H27NO5. The number of rotatable bonds is 11. The molecule has 0 N–H and O–H groups in total. The molecule has 0 aromatic heterocycles. The number of ether oxygens (including phenoxy) is 3. The van der Waals surface area contributed by atoms with Crippen molar-refractivity contribution in [3.63, 3.8) is 0 Å². The quantitative estimate of drug-likeness (QED) is 0.430. The Hall–Kier alpha value is -1.61. The molecule has 0 aliphatic carbocycles. The lowest BCUT2D eigenvalue weighted by atomic mass is 9.84. The summed E-state index contributed by atoms with van der Waals surface area (Å²) < 4.78 is 15.1. The van der Waals surface area contributed by atoms with Gasteiger partial charge in [-0.15, -0.1) is 0 Å². The van der Waals surface area contributed by atoms with Gasteiger partial charge in [0.05, 0.1) is 44.1 Å². The van der Waals surface area contributed by atoms with Crippen LogP contribution < -0.4 is 0 Å². The van der Waals surface area contributed by atoms with Crippen molar-refractivity contribution in [1.82, 2.24) is 0 Å². The highest BCUT2D eigenvalue weighted by molar-refractivity contribution is 5.76. The Labute approximate surface area is 132 Å². The lowest BCUT2D eigenvalue weighted by molar-refractivity contribution is -0.157. The number of nitrogens with zero attached hydrogens (tertiary/aromatic N) is 1. The summed E-state index contributed by atoms with van der Waals surface area (Å²) >= 11 is 0. The van der Waals surface area contributed by atoms with Crippen LogP contribution in [0.4, 0.5) is 0 Å². The van der Waals surface area contributed by atoms with E-state index in [1.54, 1.807) is 13.8 Å². The summed E-state index contributed by atoms with van der Waals surface area (Å²) in [6, 6.07) is 1.97. The lowest BCUT2D eigenvalue weighted by Crippen LogP contribution is -2.29. The van der Waals surface area contributed by atoms with Crippen LogP contribution in [0.1, 0.15) is 46.5 Å². The molecule has 0 aromatic rings. The van der Waals surface area contributed by atoms with Gasteiger partial charge in [-0.05, 0) is 33.1 Å². The minimum Gasteiger partial charge on any atom is -0.469 e. The van der Waals surface area contributed by atoms with Gasteiger partial charge in [-0.25, -0.2) is 0 Å². The molecule has 0 radical (unpaired) electrons. The largest absolute Gasteiger partial charge is 0.469 e. The van der Waals surface area contributed by atoms with Crippen LogP contribution in [0.25, 0.3) is 0 Å². The van der Waals surface area contributed by atoms with Gasteiger partial charge in [0.15, 0.2) is 0 Å². The second-order valence-electron chi connectivity index (χ2n) is 5.71. The fourth-order valence-corrected chi connectivity index (χ4v) is 1.90. The standard InChI is InChI=1S/C16H27NO5/c1-5-13(14(18)20-4)7-8-16(2,3)15(19)22-12-11-21-10-6-9-17/h13H,5-8,10-12H2,1-4H3. The van der Waals surface area contributed by atoms with Crippen LogP contribution in [0.5, 0.6) is 0 Å². The molecule has 0 rings (SSSR count). The van der Waals surface area contributed by atoms with Gasteiger partial charge in [-0.2, -0.15) is 5.26 Å². The first-order chi connectivity index (χ1) is 10.4. The molecule has 0 saturated carbocycles. The van der Waals surface area contributed by atoms with E-state index in [2.05, 4.69) is 0 Å². The van der Waals surface area contributed by atoms with E-state index >= 15 is 0 Å². The SMILES string of the molecule is CCC(CCC(C)(C)C(=O)OCCOCCC#N)C(=O)OC. The number of carbonyl (C=O) groups excluding carboxylic acids is 2. The number of carbonyl (C=O) groups is 2. The van der Waals surface area contributed by atoms with Crippen LogP contribution in [0.3, 0.4) is 0 Å². The molecule has 0 aliphatic rings. The highest BCUT2D eigenvalue weighted by Crippen LogP contribution is 2.28. The molecule has 0 aromatic carbocycles. The van der Waals surface area contributed by atoms with Crippen molar-refractivity contribution < 1.29 is 23.8 Å². The molecule has 0 aliphatic heterocycles. The van der Waals surface area contributed by atoms with Gasteiger partial charge < -0.3 is 14.2 Å². The van der Waals surface area contributed by atoms with E-state index in [0.717, 1.165) is 0 Å². The van der Waals surface area contributed by atoms with Gasteiger partial charge in [0.25, 0.3) is 0 Å². The third-order valence-corrected chi connectivity index (χ3v) is 3.52. The normalized spacial score (nSPS) is 12.3. The van der Waals surface area contributed by atoms with Crippen LogP contribution in [0.2, 0.25) is 0 Å². The molecule has 0 fully saturated rings. The summed E-state index contributed by atoms with van der Waals surface area (Å²) in [6.45, 7) is 6.32. The fraction of sp³-hybridized carbons (Fsp3) is 0.812. The zero-order valence-electron chi connectivity index (χ0n) is 14.0. The first-order valence-corrected chi connectivity index (χ1v) is 7.58. The smallest absolute Gasteiger partial charge is 0.311 e. The van der Waals surface area contributed by atoms with Crippen molar-refractivity contribution >= 4 is 11.9 Å². The van der Waals surface area contributed by atoms with Gasteiger partial charge in [0.1, 0.15) is 6.61 Å². The molecule has 6 nitrogen and oxygen atoms in total. The van der Waals surface area contributed by atoms with Crippen molar-refractivity contribution in [3.05, 3.63) is 0 Å². The Balaban J connectivity index is 4.11. The van der Waals surface area contributed by atoms with E-state index in [0.29, 0.717) is 32.3 Å². The van der Waals surface area contributed by atoms with E-state index in [1.165, 1.54) is 7.11 Å². The van der Waals surface area contributed by atoms with Crippen molar-refractivity contribution in [2.75, 3.05) is 26.9 Å². The van der Waals surface area contributed by atoms with Crippen molar-refractivity contribution in [2.45, 2.75) is 46.5 Å². The number of methoxy groups -OCH3 is 1. The highest BCUT2D eigenvalue weighted by atomic mass is 16.6. The highest BCUT2D eigenvalue weighted by Gasteiger charge is 2.31. The number of esters is 2. The molecule has 1 unspecified atom stereocenters. The van der Waals surface area contributed by atoms with Crippen LogP contribution in [-0.2, 0) is 23.8 Å². The summed E-state index contributed by atoms with van der Waals surface area (Å²) in [7, 11) is 1.37. The summed E-state index contributed by atoms with van der Waals surface area (Å²) in [5.74, 6) is -0.736. The second-order valence-corrected chi connectivity index (χ2v) is 5.71. The monoisotopic (exact) mass is 313 g/mol. The zero-order chi connectivity index (χ0) is 17.0. The van der Waals surface area contributed by atoms with Crippen LogP contribution in [-0.4, -0.2) is 38.9 Å². The van der Waals surface area contributed by atoms with Crippen LogP contribution in [0.15, 0.2) is 0 Å². The third kappa shape index (κ3) is 7.99. The molecule has 6 heteroatoms. The van der Waals surface area contributed by atoms with Crippen molar-refractivity contribution in [2.24, 2.45) is 11.3 Å². The molecule has 22 heavy (non-hydrogen) atoms. The molecule has 0 heterocycles. The maximum Gasteiger partial charge on any atom is 0.311 e. The summed E-state index contributed by atoms with van der Waals surface area (Å²) in [5.41, 5.74) is -0.659. The Morgan fingerprint density at radius 3 is 2.45 bits per heavy atom. The predicted octanol–water partition coefficient (Wildman–Crippen LogP) is 2.47. The maximum absolute atomic E-state index is 12.0. The summed E-state index contributed by atoms with van der Waals surface area (Å²) in [4.78, 5) is 23.6. The van der Waals surface area contributed by atoms with E-state index in [4.69, 9.17) is 19.5 Å². The molecule has 0 saturated heterocycles. The van der Waals surface area contributed by atoms with Crippen LogP contribution in [0, 0.1) is 22.7 Å². The maximum atomic E-state index is 12.0. The van der Waals surface area contributed by atoms with Crippen molar-refractivity contribution in [3.8, 4) is 6.07 Å². The number of hydrogen-bond acceptors (Lipinski definition) is 6. The Bertz CT molecular complexity index is 386. The molecule has 0 bridgehead atoms. The van der Waals surface area contributed by atoms with E-state index < -0.39 is 5.41 Å². The van der Waals surface area contributed by atoms with Gasteiger partial charge in [-0.3, -0.25) is 9.59 Å². The van der Waals surface area contributed by atoms with E-state index in [9.17, 15) is 9.59 Å². The summed E-state index contributed by atoms with van der Waals surface area (Å²) in [5, 5.41) is 8.35. The molecular weight excluding hydrogens is 286 g/mol. The number of hydrogen-bond donors (Lipinski definition) is 0. The molecule has 0 amide bonds. The minimum absolute atomic E-state index is 0.169. The average Bonchev–Trinajstić information content (AvgIpc) is 2.50. The minimum atomic E-state index is -0.659. The van der Waals surface area contributed by atoms with E-state index in [-0.39, 0.29) is 31.1 Å². The first-order valence-electron chi connectivity index (χ1n) is 7.58. The third-order valence-electron chi connectivity index (χ3n) is 3.52. The Morgan fingerprint density at radius 2 is 1.91 bits per heavy atom. The topological polar surface area (TPSA) is 85.6 Å². The van der Waals surface area contributed by atoms with Gasteiger partial charge >= 0.3 is 11.9 Å². The molecule has 126 valence electrons. The number of nitriles is 1. The zero-order valence-corrected chi connectivity index (χ0v) is 14.0. The Kier molecular flexibility index (Phi) is 10.2. The van der Waals surface area contributed by atoms with Gasteiger partial charge in [0.2, 0.25) is 0 Å².